The molecule has 1 aliphatic carbocycles. The zero-order valence-electron chi connectivity index (χ0n) is 15.6. The van der Waals surface area contributed by atoms with Crippen LogP contribution in [-0.4, -0.2) is 19.0 Å². The summed E-state index contributed by atoms with van der Waals surface area (Å²) in [5.41, 5.74) is 1.51. The minimum Gasteiger partial charge on any atom is -0.497 e. The number of hydrogen-bond acceptors (Lipinski definition) is 4. The highest BCUT2D eigenvalue weighted by Gasteiger charge is 2.16. The molecule has 144 valence electrons. The molecule has 0 bridgehead atoms. The van der Waals surface area contributed by atoms with Gasteiger partial charge in [0.15, 0.2) is 5.76 Å². The number of methoxy groups -OCH3 is 1. The normalized spacial score (nSPS) is 14.2. The molecule has 0 heterocycles. The molecule has 0 spiro atoms. The number of hydrogen-bond donors (Lipinski definition) is 1. The van der Waals surface area contributed by atoms with Crippen molar-refractivity contribution in [3.05, 3.63) is 76.7 Å². The Morgan fingerprint density at radius 1 is 1.18 bits per heavy atom. The van der Waals surface area contributed by atoms with Crippen LogP contribution in [0.2, 0.25) is 5.02 Å². The first-order valence-electron chi connectivity index (χ1n) is 8.80. The second-order valence-corrected chi connectivity index (χ2v) is 6.74. The second kappa shape index (κ2) is 8.76. The van der Waals surface area contributed by atoms with Gasteiger partial charge in [-0.1, -0.05) is 41.9 Å². The molecule has 1 N–H and O–H groups in total. The van der Waals surface area contributed by atoms with Gasteiger partial charge in [-0.25, -0.2) is 0 Å². The highest BCUT2D eigenvalue weighted by Crippen LogP contribution is 2.28. The smallest absolute Gasteiger partial charge is 0.308 e. The minimum absolute atomic E-state index is 0.274. The molecule has 0 aliphatic heterocycles. The van der Waals surface area contributed by atoms with E-state index < -0.39 is 5.97 Å². The Labute approximate surface area is 168 Å². The van der Waals surface area contributed by atoms with Crippen LogP contribution in [0.3, 0.4) is 0 Å². The fraction of sp³-hybridized carbons (Fsp3) is 0.182. The molecule has 0 atom stereocenters. The molecule has 1 aliphatic rings. The number of nitrogens with one attached hydrogen (secondary N) is 1. The lowest BCUT2D eigenvalue weighted by Crippen LogP contribution is -2.09. The van der Waals surface area contributed by atoms with Gasteiger partial charge in [0.2, 0.25) is 5.91 Å². The Kier molecular flexibility index (Phi) is 6.16. The molecule has 28 heavy (non-hydrogen) atoms. The van der Waals surface area contributed by atoms with Gasteiger partial charge in [0.25, 0.3) is 0 Å². The van der Waals surface area contributed by atoms with Crippen LogP contribution in [0.5, 0.6) is 0 Å². The topological polar surface area (TPSA) is 64.6 Å². The fourth-order valence-electron chi connectivity index (χ4n) is 3.01. The van der Waals surface area contributed by atoms with Gasteiger partial charge >= 0.3 is 5.97 Å². The number of benzene rings is 2. The van der Waals surface area contributed by atoms with Crippen LogP contribution >= 0.6 is 11.6 Å². The van der Waals surface area contributed by atoms with Crippen molar-refractivity contribution < 1.29 is 19.1 Å². The summed E-state index contributed by atoms with van der Waals surface area (Å²) in [6.07, 6.45) is 6.14. The van der Waals surface area contributed by atoms with Crippen molar-refractivity contribution in [2.75, 3.05) is 12.4 Å². The van der Waals surface area contributed by atoms with E-state index in [1.54, 1.807) is 18.2 Å². The van der Waals surface area contributed by atoms with E-state index in [1.807, 2.05) is 30.3 Å². The van der Waals surface area contributed by atoms with E-state index in [2.05, 4.69) is 5.32 Å². The zero-order valence-corrected chi connectivity index (χ0v) is 16.4. The van der Waals surface area contributed by atoms with Crippen molar-refractivity contribution in [3.63, 3.8) is 0 Å². The van der Waals surface area contributed by atoms with Crippen LogP contribution < -0.4 is 5.32 Å². The molecule has 2 aromatic rings. The van der Waals surface area contributed by atoms with Gasteiger partial charge < -0.3 is 14.8 Å². The summed E-state index contributed by atoms with van der Waals surface area (Å²) in [4.78, 5) is 23.6. The largest absolute Gasteiger partial charge is 0.497 e. The van der Waals surface area contributed by atoms with Crippen molar-refractivity contribution in [2.45, 2.75) is 19.8 Å². The third kappa shape index (κ3) is 4.81. The fourth-order valence-corrected chi connectivity index (χ4v) is 3.24. The molecule has 6 heteroatoms. The Morgan fingerprint density at radius 3 is 2.71 bits per heavy atom. The molecule has 2 aromatic carbocycles. The third-order valence-corrected chi connectivity index (χ3v) is 4.48. The van der Waals surface area contributed by atoms with Crippen LogP contribution in [0.15, 0.2) is 71.7 Å². The van der Waals surface area contributed by atoms with Gasteiger partial charge in [0.05, 0.1) is 12.8 Å². The predicted molar refractivity (Wildman–Crippen MR) is 110 cm³/mol. The Balaban J connectivity index is 1.77. The average Bonchev–Trinajstić information content (AvgIpc) is 2.66. The molecule has 0 unspecified atom stereocenters. The van der Waals surface area contributed by atoms with E-state index in [0.29, 0.717) is 35.1 Å². The summed E-state index contributed by atoms with van der Waals surface area (Å²) >= 11 is 6.15. The molecule has 0 aromatic heterocycles. The van der Waals surface area contributed by atoms with E-state index in [9.17, 15) is 9.59 Å². The molecule has 5 nitrogen and oxygen atoms in total. The maximum Gasteiger partial charge on any atom is 0.308 e. The standard InChI is InChI=1S/C22H20ClNO4/c1-14(25)28-21-11-15(7-9-20(21)27-2)8-10-22(26)24-19-13-17(23)12-16-5-3-4-6-18(16)19/h3-6,8,10-13H,7,9H2,1-2H3,(H,24,26)/b10-8+. The van der Waals surface area contributed by atoms with E-state index in [0.717, 1.165) is 16.3 Å². The van der Waals surface area contributed by atoms with Gasteiger partial charge in [-0.2, -0.15) is 0 Å². The molecule has 3 rings (SSSR count). The lowest BCUT2D eigenvalue weighted by molar-refractivity contribution is -0.136. The Bertz CT molecular complexity index is 1020. The lowest BCUT2D eigenvalue weighted by atomic mass is 10.0. The summed E-state index contributed by atoms with van der Waals surface area (Å²) in [5, 5.41) is 5.29. The maximum absolute atomic E-state index is 12.4. The average molecular weight is 398 g/mol. The molecular weight excluding hydrogens is 378 g/mol. The van der Waals surface area contributed by atoms with Gasteiger partial charge in [-0.15, -0.1) is 0 Å². The van der Waals surface area contributed by atoms with E-state index >= 15 is 0 Å². The quantitative estimate of drug-likeness (QED) is 0.561. The number of halogens is 1. The number of amides is 1. The van der Waals surface area contributed by atoms with Crippen molar-refractivity contribution in [2.24, 2.45) is 0 Å². The summed E-state index contributed by atoms with van der Waals surface area (Å²) in [6, 6.07) is 11.3. The first-order chi connectivity index (χ1) is 13.5. The molecule has 1 amide bonds. The number of esters is 1. The van der Waals surface area contributed by atoms with Crippen LogP contribution in [0, 0.1) is 0 Å². The van der Waals surface area contributed by atoms with Crippen LogP contribution in [0.4, 0.5) is 5.69 Å². The summed E-state index contributed by atoms with van der Waals surface area (Å²) in [5.74, 6) is 0.296. The monoisotopic (exact) mass is 397 g/mol. The third-order valence-electron chi connectivity index (χ3n) is 4.27. The van der Waals surface area contributed by atoms with Gasteiger partial charge in [-0.3, -0.25) is 9.59 Å². The highest BCUT2D eigenvalue weighted by atomic mass is 35.5. The summed E-state index contributed by atoms with van der Waals surface area (Å²) in [7, 11) is 1.54. The number of anilines is 1. The van der Waals surface area contributed by atoms with Crippen molar-refractivity contribution in [1.82, 2.24) is 0 Å². The van der Waals surface area contributed by atoms with Gasteiger partial charge in [0, 0.05) is 29.8 Å². The predicted octanol–water partition coefficient (Wildman–Crippen LogP) is 5.13. The minimum atomic E-state index is -0.420. The summed E-state index contributed by atoms with van der Waals surface area (Å²) < 4.78 is 10.4. The number of carbonyl (C=O) groups excluding carboxylic acids is 2. The van der Waals surface area contributed by atoms with Crippen molar-refractivity contribution in [1.29, 1.82) is 0 Å². The number of fused-ring (bicyclic) bond motifs is 1. The van der Waals surface area contributed by atoms with Gasteiger partial charge in [0.1, 0.15) is 5.76 Å². The molecule has 0 fully saturated rings. The molecule has 0 radical (unpaired) electrons. The van der Waals surface area contributed by atoms with Crippen molar-refractivity contribution in [3.8, 4) is 0 Å². The highest BCUT2D eigenvalue weighted by molar-refractivity contribution is 6.32. The van der Waals surface area contributed by atoms with E-state index in [4.69, 9.17) is 21.1 Å². The number of carbonyl (C=O) groups is 2. The molecular formula is C22H20ClNO4. The van der Waals surface area contributed by atoms with Gasteiger partial charge in [-0.05, 0) is 35.6 Å². The Morgan fingerprint density at radius 2 is 1.96 bits per heavy atom. The van der Waals surface area contributed by atoms with E-state index in [1.165, 1.54) is 20.1 Å². The Hall–Kier alpha value is -3.05. The first kappa shape index (κ1) is 19.7. The van der Waals surface area contributed by atoms with Crippen molar-refractivity contribution >= 4 is 39.9 Å². The number of rotatable bonds is 5. The second-order valence-electron chi connectivity index (χ2n) is 6.30. The first-order valence-corrected chi connectivity index (χ1v) is 9.17. The van der Waals surface area contributed by atoms with Crippen LogP contribution in [0.25, 0.3) is 10.8 Å². The number of allylic oxidation sites excluding steroid dienone is 4. The zero-order chi connectivity index (χ0) is 20.1. The van der Waals surface area contributed by atoms with Crippen LogP contribution in [0.1, 0.15) is 19.8 Å². The number of ether oxygens (including phenoxy) is 2. The summed E-state index contributed by atoms with van der Waals surface area (Å²) in [6.45, 7) is 1.33. The van der Waals surface area contributed by atoms with Crippen LogP contribution in [-0.2, 0) is 19.1 Å². The lowest BCUT2D eigenvalue weighted by Gasteiger charge is -2.16. The maximum atomic E-state index is 12.4. The SMILES string of the molecule is COC1=C(OC(C)=O)C=C(/C=C/C(=O)Nc2cc(Cl)cc3ccccc23)CC1. The molecule has 0 saturated heterocycles. The van der Waals surface area contributed by atoms with E-state index in [-0.39, 0.29) is 5.91 Å². The molecule has 0 saturated carbocycles.